The molecule has 0 spiro atoms. The highest BCUT2D eigenvalue weighted by Crippen LogP contribution is 2.23. The fourth-order valence-corrected chi connectivity index (χ4v) is 17.4. The van der Waals surface area contributed by atoms with Crippen LogP contribution in [0.15, 0.2) is 91.0 Å². The Balaban J connectivity index is 2.13. The lowest BCUT2D eigenvalue weighted by molar-refractivity contribution is 0.344. The lowest BCUT2D eigenvalue weighted by Gasteiger charge is -2.46. The van der Waals surface area contributed by atoms with Crippen molar-refractivity contribution in [3.05, 3.63) is 91.0 Å². The van der Waals surface area contributed by atoms with Gasteiger partial charge in [-0.05, 0) is 63.4 Å². The fourth-order valence-electron chi connectivity index (χ4n) is 3.95. The molecule has 0 aromatic heterocycles. The summed E-state index contributed by atoms with van der Waals surface area (Å²) in [6.07, 6.45) is 0. The van der Waals surface area contributed by atoms with Gasteiger partial charge >= 0.3 is 8.56 Å². The first-order valence-corrected chi connectivity index (χ1v) is 18.1. The van der Waals surface area contributed by atoms with Gasteiger partial charge in [-0.1, -0.05) is 91.0 Å². The zero-order valence-corrected chi connectivity index (χ0v) is 23.4. The second kappa shape index (κ2) is 9.96. The van der Waals surface area contributed by atoms with Crippen LogP contribution in [0.5, 0.6) is 0 Å². The highest BCUT2D eigenvalue weighted by atomic mass is 28.5. The zero-order valence-electron chi connectivity index (χ0n) is 20.4. The Kier molecular flexibility index (Phi) is 7.72. The molecule has 3 aromatic rings. The van der Waals surface area contributed by atoms with Crippen molar-refractivity contribution in [2.24, 2.45) is 0 Å². The van der Waals surface area contributed by atoms with Gasteiger partial charge in [0.1, 0.15) is 0 Å². The number of hydrogen-bond acceptors (Lipinski definition) is 4. The quantitative estimate of drug-likeness (QED) is 0.440. The molecule has 0 aliphatic carbocycles. The van der Waals surface area contributed by atoms with Gasteiger partial charge in [-0.2, -0.15) is 0 Å². The van der Waals surface area contributed by atoms with Crippen molar-refractivity contribution >= 4 is 41.1 Å². The van der Waals surface area contributed by atoms with Crippen LogP contribution in [0.1, 0.15) is 0 Å². The van der Waals surface area contributed by atoms with Crippen LogP contribution in [0.3, 0.4) is 0 Å². The Morgan fingerprint density at radius 2 is 0.750 bits per heavy atom. The van der Waals surface area contributed by atoms with Crippen molar-refractivity contribution in [2.75, 3.05) is 28.2 Å². The molecule has 0 aliphatic rings. The van der Waals surface area contributed by atoms with Crippen molar-refractivity contribution < 1.29 is 8.23 Å². The second-order valence-corrected chi connectivity index (χ2v) is 20.0. The predicted octanol–water partition coefficient (Wildman–Crippen LogP) is 3.08. The minimum absolute atomic E-state index is 1.16. The van der Waals surface area contributed by atoms with Crippen LogP contribution in [0.25, 0.3) is 0 Å². The van der Waals surface area contributed by atoms with E-state index >= 15 is 0 Å². The van der Waals surface area contributed by atoms with Crippen LogP contribution < -0.4 is 15.6 Å². The highest BCUT2D eigenvalue weighted by molar-refractivity contribution is 6.99. The monoisotopic (exact) mass is 480 g/mol. The molecule has 3 rings (SSSR count). The first-order valence-electron chi connectivity index (χ1n) is 11.0. The Labute approximate surface area is 197 Å². The second-order valence-electron chi connectivity index (χ2n) is 9.00. The van der Waals surface area contributed by atoms with E-state index in [1.54, 1.807) is 0 Å². The van der Waals surface area contributed by atoms with E-state index in [2.05, 4.69) is 148 Å². The lowest BCUT2D eigenvalue weighted by Crippen LogP contribution is -2.73. The summed E-state index contributed by atoms with van der Waals surface area (Å²) in [6, 6.07) is 31.8. The molecule has 32 heavy (non-hydrogen) atoms. The molecule has 2 unspecified atom stereocenters. The molecule has 170 valence electrons. The molecule has 0 heterocycles. The van der Waals surface area contributed by atoms with E-state index in [9.17, 15) is 0 Å². The normalized spacial score (nSPS) is 17.5. The zero-order chi connectivity index (χ0) is 23.4. The summed E-state index contributed by atoms with van der Waals surface area (Å²) in [5, 5.41) is 3.65. The number of hydrogen-bond donors (Lipinski definition) is 0. The molecule has 0 N–H and O–H groups in total. The Morgan fingerprint density at radius 3 is 1.03 bits per heavy atom. The minimum atomic E-state index is -2.85. The maximum atomic E-state index is 7.32. The summed E-state index contributed by atoms with van der Waals surface area (Å²) in [5.41, 5.74) is 0. The molecule has 0 bridgehead atoms. The van der Waals surface area contributed by atoms with Gasteiger partial charge in [-0.25, -0.2) is 0 Å². The van der Waals surface area contributed by atoms with E-state index in [0.717, 1.165) is 5.19 Å². The maximum absolute atomic E-state index is 7.32. The van der Waals surface area contributed by atoms with E-state index in [-0.39, 0.29) is 0 Å². The summed E-state index contributed by atoms with van der Waals surface area (Å²) in [4.78, 5) is 0. The summed E-state index contributed by atoms with van der Waals surface area (Å²) >= 11 is 0. The lowest BCUT2D eigenvalue weighted by atomic mass is 10.4. The van der Waals surface area contributed by atoms with Gasteiger partial charge < -0.3 is 17.4 Å². The molecule has 0 aliphatic heterocycles. The molecule has 2 atom stereocenters. The molecule has 0 saturated heterocycles. The van der Waals surface area contributed by atoms with Crippen molar-refractivity contribution in [3.63, 3.8) is 0 Å². The summed E-state index contributed by atoms with van der Waals surface area (Å²) in [5.74, 6) is 0. The van der Waals surface area contributed by atoms with Gasteiger partial charge in [-0.15, -0.1) is 0 Å². The van der Waals surface area contributed by atoms with Crippen LogP contribution in [0.4, 0.5) is 0 Å². The molecule has 3 aromatic carbocycles. The van der Waals surface area contributed by atoms with E-state index in [4.69, 9.17) is 8.23 Å². The fraction of sp³-hybridized carbons (Fsp3) is 0.280. The average molecular weight is 481 g/mol. The summed E-state index contributed by atoms with van der Waals surface area (Å²) in [7, 11) is 0.682. The van der Waals surface area contributed by atoms with E-state index < -0.39 is 25.5 Å². The third-order valence-corrected chi connectivity index (χ3v) is 20.3. The molecule has 7 heteroatoms. The maximum Gasteiger partial charge on any atom is 0.350 e. The summed E-state index contributed by atoms with van der Waals surface area (Å²) < 4.78 is 19.2. The minimum Gasteiger partial charge on any atom is -0.417 e. The van der Waals surface area contributed by atoms with Gasteiger partial charge in [0.15, 0.2) is 0 Å². The first-order chi connectivity index (χ1) is 15.1. The van der Waals surface area contributed by atoms with Gasteiger partial charge in [0.05, 0.1) is 0 Å². The Bertz CT molecular complexity index is 930. The van der Waals surface area contributed by atoms with Gasteiger partial charge in [0, 0.05) is 0 Å². The molecule has 0 fully saturated rings. The highest BCUT2D eigenvalue weighted by Gasteiger charge is 2.51. The third kappa shape index (κ3) is 5.04. The van der Waals surface area contributed by atoms with Crippen molar-refractivity contribution in [2.45, 2.75) is 19.6 Å². The topological polar surface area (TPSA) is 24.9 Å². The molecule has 0 radical (unpaired) electrons. The predicted molar refractivity (Wildman–Crippen MR) is 143 cm³/mol. The number of rotatable bonds is 9. The van der Waals surface area contributed by atoms with Gasteiger partial charge in [0.25, 0.3) is 17.0 Å². The van der Waals surface area contributed by atoms with E-state index in [0.29, 0.717) is 0 Å². The van der Waals surface area contributed by atoms with Crippen molar-refractivity contribution in [3.8, 4) is 0 Å². The third-order valence-electron chi connectivity index (χ3n) is 6.41. The molecule has 0 amide bonds. The average Bonchev–Trinajstić information content (AvgIpc) is 2.80. The van der Waals surface area contributed by atoms with Crippen LogP contribution in [-0.4, -0.2) is 62.8 Å². The standard InChI is InChI=1S/C25H36N2O2Si3/c1-26(2)30(5,23-17-11-8-12-18-23)28-32(7,25-21-15-10-16-22-25)29-31(6,27(3)4)24-19-13-9-14-20-24/h8-22H,1-7H3. The SMILES string of the molecule is CN(C)[Si](C)(O[Si](C)(O[Si](C)(c1ccccc1)N(C)C)c1ccccc1)c1ccccc1. The van der Waals surface area contributed by atoms with Crippen LogP contribution >= 0.6 is 0 Å². The van der Waals surface area contributed by atoms with E-state index in [1.807, 2.05) is 0 Å². The largest absolute Gasteiger partial charge is 0.417 e. The van der Waals surface area contributed by atoms with Crippen LogP contribution in [-0.2, 0) is 8.23 Å². The van der Waals surface area contributed by atoms with Crippen LogP contribution in [0, 0.1) is 0 Å². The molecule has 0 saturated carbocycles. The Hall–Kier alpha value is -1.85. The Morgan fingerprint density at radius 1 is 0.469 bits per heavy atom. The van der Waals surface area contributed by atoms with Gasteiger partial charge in [-0.3, -0.25) is 0 Å². The van der Waals surface area contributed by atoms with E-state index in [1.165, 1.54) is 10.4 Å². The number of benzene rings is 3. The van der Waals surface area contributed by atoms with Gasteiger partial charge in [0.2, 0.25) is 0 Å². The molecular weight excluding hydrogens is 445 g/mol. The van der Waals surface area contributed by atoms with Crippen molar-refractivity contribution in [1.82, 2.24) is 9.13 Å². The van der Waals surface area contributed by atoms with Crippen LogP contribution in [0.2, 0.25) is 19.6 Å². The molecular formula is C25H36N2O2Si3. The molecule has 4 nitrogen and oxygen atoms in total. The first kappa shape index (κ1) is 24.8. The smallest absolute Gasteiger partial charge is 0.350 e. The van der Waals surface area contributed by atoms with Crippen molar-refractivity contribution in [1.29, 1.82) is 0 Å². The number of nitrogens with zero attached hydrogens (tertiary/aromatic N) is 2. The summed E-state index contributed by atoms with van der Waals surface area (Å²) in [6.45, 7) is 6.77.